The van der Waals surface area contributed by atoms with Crippen molar-refractivity contribution in [3.63, 3.8) is 0 Å². The van der Waals surface area contributed by atoms with E-state index in [0.29, 0.717) is 17.7 Å². The molecule has 110 valence electrons. The zero-order valence-corrected chi connectivity index (χ0v) is 12.5. The minimum absolute atomic E-state index is 0.0134. The monoisotopic (exact) mass is 268 g/mol. The number of carbonyl (C=O) groups excluding carboxylic acids is 1. The van der Waals surface area contributed by atoms with Gasteiger partial charge in [0.25, 0.3) is 0 Å². The fourth-order valence-corrected chi connectivity index (χ4v) is 3.13. The molecule has 0 radical (unpaired) electrons. The van der Waals surface area contributed by atoms with Crippen LogP contribution in [0.4, 0.5) is 0 Å². The third kappa shape index (κ3) is 3.29. The second-order valence-electron chi connectivity index (χ2n) is 6.03. The van der Waals surface area contributed by atoms with Gasteiger partial charge in [-0.25, -0.2) is 0 Å². The highest BCUT2D eigenvalue weighted by molar-refractivity contribution is 5.84. The van der Waals surface area contributed by atoms with Crippen LogP contribution in [0.25, 0.3) is 0 Å². The van der Waals surface area contributed by atoms with E-state index in [0.717, 1.165) is 39.0 Å². The summed E-state index contributed by atoms with van der Waals surface area (Å²) in [6, 6.07) is 0.0134. The van der Waals surface area contributed by atoms with Gasteiger partial charge in [-0.2, -0.15) is 0 Å². The lowest BCUT2D eigenvalue weighted by molar-refractivity contribution is -0.132. The molecule has 2 saturated heterocycles. The molecular formula is C15H28N2O2. The molecule has 0 aromatic carbocycles. The Labute approximate surface area is 116 Å². The Bertz CT molecular complexity index is 303. The van der Waals surface area contributed by atoms with Crippen molar-refractivity contribution in [3.8, 4) is 0 Å². The van der Waals surface area contributed by atoms with E-state index < -0.39 is 0 Å². The largest absolute Gasteiger partial charge is 0.381 e. The molecule has 0 aromatic heterocycles. The maximum absolute atomic E-state index is 12.6. The smallest absolute Gasteiger partial charge is 0.241 e. The second kappa shape index (κ2) is 6.71. The lowest BCUT2D eigenvalue weighted by atomic mass is 9.98. The molecule has 2 aliphatic heterocycles. The third-order valence-electron chi connectivity index (χ3n) is 4.61. The van der Waals surface area contributed by atoms with Crippen LogP contribution in [0.5, 0.6) is 0 Å². The Morgan fingerprint density at radius 3 is 2.84 bits per heavy atom. The Morgan fingerprint density at radius 2 is 2.26 bits per heavy atom. The van der Waals surface area contributed by atoms with Crippen LogP contribution < -0.4 is 5.32 Å². The molecule has 4 unspecified atom stereocenters. The highest BCUT2D eigenvalue weighted by atomic mass is 16.5. The first kappa shape index (κ1) is 14.8. The normalized spacial score (nSPS) is 33.7. The van der Waals surface area contributed by atoms with E-state index in [1.165, 1.54) is 6.42 Å². The van der Waals surface area contributed by atoms with E-state index in [4.69, 9.17) is 4.74 Å². The van der Waals surface area contributed by atoms with Crippen molar-refractivity contribution in [1.29, 1.82) is 0 Å². The Morgan fingerprint density at radius 1 is 1.47 bits per heavy atom. The van der Waals surface area contributed by atoms with Crippen molar-refractivity contribution in [1.82, 2.24) is 10.2 Å². The number of nitrogens with one attached hydrogen (secondary N) is 1. The average Bonchev–Trinajstić information content (AvgIpc) is 2.76. The van der Waals surface area contributed by atoms with Gasteiger partial charge in [-0.1, -0.05) is 27.2 Å². The number of carbonyl (C=O) groups is 1. The highest BCUT2D eigenvalue weighted by Gasteiger charge is 2.40. The molecule has 2 fully saturated rings. The molecule has 4 nitrogen and oxygen atoms in total. The van der Waals surface area contributed by atoms with Gasteiger partial charge in [-0.3, -0.25) is 10.1 Å². The summed E-state index contributed by atoms with van der Waals surface area (Å²) in [5.74, 6) is 1.23. The number of rotatable bonds is 5. The van der Waals surface area contributed by atoms with Crippen LogP contribution in [0.15, 0.2) is 0 Å². The molecule has 2 rings (SSSR count). The molecule has 4 heteroatoms. The first-order chi connectivity index (χ1) is 9.17. The van der Waals surface area contributed by atoms with Crippen LogP contribution in [0.1, 0.15) is 46.5 Å². The quantitative estimate of drug-likeness (QED) is 0.829. The van der Waals surface area contributed by atoms with Crippen molar-refractivity contribution < 1.29 is 9.53 Å². The van der Waals surface area contributed by atoms with E-state index in [1.54, 1.807) is 0 Å². The fourth-order valence-electron chi connectivity index (χ4n) is 3.13. The Kier molecular flexibility index (Phi) is 5.22. The number of hydrogen-bond acceptors (Lipinski definition) is 3. The van der Waals surface area contributed by atoms with Crippen LogP contribution in [0.2, 0.25) is 0 Å². The molecule has 19 heavy (non-hydrogen) atoms. The van der Waals surface area contributed by atoms with Crippen molar-refractivity contribution in [3.05, 3.63) is 0 Å². The summed E-state index contributed by atoms with van der Waals surface area (Å²) >= 11 is 0. The lowest BCUT2D eigenvalue weighted by Gasteiger charge is -2.30. The van der Waals surface area contributed by atoms with Gasteiger partial charge in [0, 0.05) is 19.1 Å². The molecule has 0 saturated carbocycles. The van der Waals surface area contributed by atoms with E-state index in [-0.39, 0.29) is 12.2 Å². The first-order valence-corrected chi connectivity index (χ1v) is 7.81. The first-order valence-electron chi connectivity index (χ1n) is 7.81. The third-order valence-corrected chi connectivity index (χ3v) is 4.61. The minimum Gasteiger partial charge on any atom is -0.381 e. The van der Waals surface area contributed by atoms with Crippen molar-refractivity contribution in [2.75, 3.05) is 19.8 Å². The minimum atomic E-state index is 0.0134. The highest BCUT2D eigenvalue weighted by Crippen LogP contribution is 2.24. The average molecular weight is 268 g/mol. The molecule has 0 aromatic rings. The topological polar surface area (TPSA) is 41.6 Å². The van der Waals surface area contributed by atoms with Crippen molar-refractivity contribution >= 4 is 5.91 Å². The maximum Gasteiger partial charge on any atom is 0.241 e. The predicted molar refractivity (Wildman–Crippen MR) is 75.7 cm³/mol. The lowest BCUT2D eigenvalue weighted by Crippen LogP contribution is -2.41. The Balaban J connectivity index is 1.98. The summed E-state index contributed by atoms with van der Waals surface area (Å²) in [7, 11) is 0. The van der Waals surface area contributed by atoms with E-state index in [9.17, 15) is 4.79 Å². The van der Waals surface area contributed by atoms with Crippen molar-refractivity contribution in [2.45, 2.75) is 58.7 Å². The van der Waals surface area contributed by atoms with Crippen molar-refractivity contribution in [2.24, 2.45) is 11.8 Å². The van der Waals surface area contributed by atoms with Gasteiger partial charge in [0.05, 0.1) is 18.8 Å². The summed E-state index contributed by atoms with van der Waals surface area (Å²) in [5, 5.41) is 3.52. The second-order valence-corrected chi connectivity index (χ2v) is 6.03. The molecule has 1 amide bonds. The van der Waals surface area contributed by atoms with Crippen LogP contribution in [0.3, 0.4) is 0 Å². The molecule has 0 aliphatic carbocycles. The van der Waals surface area contributed by atoms with Gasteiger partial charge >= 0.3 is 0 Å². The number of amides is 1. The molecule has 2 aliphatic rings. The van der Waals surface area contributed by atoms with Gasteiger partial charge in [0.2, 0.25) is 5.91 Å². The van der Waals surface area contributed by atoms with Gasteiger partial charge in [-0.05, 0) is 25.2 Å². The van der Waals surface area contributed by atoms with Crippen LogP contribution >= 0.6 is 0 Å². The molecule has 2 heterocycles. The Hall–Kier alpha value is -0.610. The summed E-state index contributed by atoms with van der Waals surface area (Å²) in [6.45, 7) is 9.02. The van der Waals surface area contributed by atoms with Gasteiger partial charge in [0.15, 0.2) is 0 Å². The van der Waals surface area contributed by atoms with E-state index in [2.05, 4.69) is 31.0 Å². The van der Waals surface area contributed by atoms with Crippen LogP contribution in [-0.2, 0) is 9.53 Å². The van der Waals surface area contributed by atoms with Gasteiger partial charge < -0.3 is 9.64 Å². The SMILES string of the molecule is CCC(C)C1NC(CC)N(CC2CCCOC2)C1=O. The molecular weight excluding hydrogens is 240 g/mol. The summed E-state index contributed by atoms with van der Waals surface area (Å²) < 4.78 is 5.53. The molecule has 0 spiro atoms. The molecule has 4 atom stereocenters. The van der Waals surface area contributed by atoms with Gasteiger partial charge in [0.1, 0.15) is 0 Å². The fraction of sp³-hybridized carbons (Fsp3) is 0.933. The van der Waals surface area contributed by atoms with E-state index >= 15 is 0 Å². The zero-order valence-electron chi connectivity index (χ0n) is 12.5. The number of nitrogens with zero attached hydrogens (tertiary/aromatic N) is 1. The molecule has 1 N–H and O–H groups in total. The standard InChI is InChI=1S/C15H28N2O2/c1-4-11(3)14-15(18)17(13(5-2)16-14)9-12-7-6-8-19-10-12/h11-14,16H,4-10H2,1-3H3. The number of ether oxygens (including phenoxy) is 1. The summed E-state index contributed by atoms with van der Waals surface area (Å²) in [5.41, 5.74) is 0. The zero-order chi connectivity index (χ0) is 13.8. The number of hydrogen-bond donors (Lipinski definition) is 1. The van der Waals surface area contributed by atoms with Crippen LogP contribution in [0, 0.1) is 11.8 Å². The maximum atomic E-state index is 12.6. The predicted octanol–water partition coefficient (Wildman–Crippen LogP) is 2.00. The molecule has 0 bridgehead atoms. The summed E-state index contributed by atoms with van der Waals surface area (Å²) in [6.07, 6.45) is 4.56. The van der Waals surface area contributed by atoms with E-state index in [1.807, 2.05) is 0 Å². The van der Waals surface area contributed by atoms with Crippen LogP contribution in [-0.4, -0.2) is 42.8 Å². The van der Waals surface area contributed by atoms with Gasteiger partial charge in [-0.15, -0.1) is 0 Å². The summed E-state index contributed by atoms with van der Waals surface area (Å²) in [4.78, 5) is 14.6.